The third kappa shape index (κ3) is 2.92. The first kappa shape index (κ1) is 16.7. The minimum atomic E-state index is -0.101. The summed E-state index contributed by atoms with van der Waals surface area (Å²) in [6, 6.07) is 0.160. The summed E-state index contributed by atoms with van der Waals surface area (Å²) in [7, 11) is 3.49. The molecule has 0 spiro atoms. The van der Waals surface area contributed by atoms with E-state index in [-0.39, 0.29) is 17.5 Å². The molecule has 0 bridgehead atoms. The maximum atomic E-state index is 12.8. The van der Waals surface area contributed by atoms with Crippen LogP contribution in [0, 0.1) is 12.8 Å². The molecule has 1 amide bonds. The van der Waals surface area contributed by atoms with E-state index in [0.717, 1.165) is 12.0 Å². The SMILES string of the molecule is Cc1c(C(=O)N(C)C(C)CC(C)C)sc2ncn(C)c(=O)c12. The molecule has 0 N–H and O–H groups in total. The molecule has 1 atom stereocenters. The highest BCUT2D eigenvalue weighted by molar-refractivity contribution is 7.20. The van der Waals surface area contributed by atoms with Crippen LogP contribution in [0.1, 0.15) is 42.4 Å². The van der Waals surface area contributed by atoms with Gasteiger partial charge < -0.3 is 9.47 Å². The van der Waals surface area contributed by atoms with Gasteiger partial charge in [-0.15, -0.1) is 11.3 Å². The Labute approximate surface area is 134 Å². The zero-order valence-electron chi connectivity index (χ0n) is 14.0. The van der Waals surface area contributed by atoms with Crippen molar-refractivity contribution < 1.29 is 4.79 Å². The van der Waals surface area contributed by atoms with Crippen molar-refractivity contribution in [3.63, 3.8) is 0 Å². The summed E-state index contributed by atoms with van der Waals surface area (Å²) in [6.07, 6.45) is 2.45. The molecule has 0 fully saturated rings. The molecule has 0 saturated carbocycles. The van der Waals surface area contributed by atoms with Gasteiger partial charge in [-0.05, 0) is 31.7 Å². The molecule has 0 radical (unpaired) electrons. The molecule has 0 saturated heterocycles. The van der Waals surface area contributed by atoms with Crippen molar-refractivity contribution >= 4 is 27.5 Å². The Balaban J connectivity index is 2.43. The number of nitrogens with zero attached hydrogens (tertiary/aromatic N) is 3. The van der Waals surface area contributed by atoms with Gasteiger partial charge in [-0.25, -0.2) is 4.98 Å². The third-order valence-electron chi connectivity index (χ3n) is 4.00. The Kier molecular flexibility index (Phi) is 4.70. The minimum absolute atomic E-state index is 0.0318. The normalized spacial score (nSPS) is 12.9. The lowest BCUT2D eigenvalue weighted by atomic mass is 10.0. The number of rotatable bonds is 4. The van der Waals surface area contributed by atoms with Gasteiger partial charge in [-0.1, -0.05) is 13.8 Å². The predicted octanol–water partition coefficient (Wildman–Crippen LogP) is 2.81. The van der Waals surface area contributed by atoms with E-state index in [0.29, 0.717) is 21.0 Å². The van der Waals surface area contributed by atoms with Gasteiger partial charge in [-0.3, -0.25) is 9.59 Å². The molecule has 2 rings (SSSR count). The predicted molar refractivity (Wildman–Crippen MR) is 90.6 cm³/mol. The maximum Gasteiger partial charge on any atom is 0.264 e. The van der Waals surface area contributed by atoms with Crippen molar-refractivity contribution in [2.75, 3.05) is 7.05 Å². The number of aryl methyl sites for hydroxylation is 2. The van der Waals surface area contributed by atoms with Crippen molar-refractivity contribution in [3.8, 4) is 0 Å². The lowest BCUT2D eigenvalue weighted by Gasteiger charge is -2.26. The van der Waals surface area contributed by atoms with E-state index in [4.69, 9.17) is 0 Å². The average molecular weight is 321 g/mol. The number of aromatic nitrogens is 2. The lowest BCUT2D eigenvalue weighted by molar-refractivity contribution is 0.0732. The molecule has 2 heterocycles. The van der Waals surface area contributed by atoms with Gasteiger partial charge in [0, 0.05) is 20.1 Å². The Hall–Kier alpha value is -1.69. The number of amides is 1. The van der Waals surface area contributed by atoms with E-state index in [9.17, 15) is 9.59 Å². The van der Waals surface area contributed by atoms with Crippen LogP contribution in [0.15, 0.2) is 11.1 Å². The van der Waals surface area contributed by atoms with Gasteiger partial charge in [0.1, 0.15) is 4.83 Å². The van der Waals surface area contributed by atoms with Gasteiger partial charge in [0.2, 0.25) is 0 Å². The molecule has 120 valence electrons. The smallest absolute Gasteiger partial charge is 0.264 e. The third-order valence-corrected chi connectivity index (χ3v) is 5.19. The molecule has 0 aliphatic heterocycles. The number of thiophene rings is 1. The molecule has 0 aliphatic rings. The number of carbonyl (C=O) groups excluding carboxylic acids is 1. The van der Waals surface area contributed by atoms with Gasteiger partial charge in [0.05, 0.1) is 16.6 Å². The number of hydrogen-bond acceptors (Lipinski definition) is 4. The monoisotopic (exact) mass is 321 g/mol. The van der Waals surface area contributed by atoms with Crippen LogP contribution in [0.5, 0.6) is 0 Å². The Bertz CT molecular complexity index is 761. The van der Waals surface area contributed by atoms with Gasteiger partial charge in [0.15, 0.2) is 0 Å². The van der Waals surface area contributed by atoms with E-state index in [2.05, 4.69) is 25.8 Å². The van der Waals surface area contributed by atoms with E-state index in [1.807, 2.05) is 14.0 Å². The summed E-state index contributed by atoms with van der Waals surface area (Å²) < 4.78 is 1.45. The van der Waals surface area contributed by atoms with Crippen molar-refractivity contribution in [2.45, 2.75) is 40.2 Å². The van der Waals surface area contributed by atoms with Crippen LogP contribution in [0.4, 0.5) is 0 Å². The van der Waals surface area contributed by atoms with Crippen molar-refractivity contribution in [3.05, 3.63) is 27.1 Å². The molecule has 0 aliphatic carbocycles. The highest BCUT2D eigenvalue weighted by Gasteiger charge is 2.24. The van der Waals surface area contributed by atoms with E-state index in [1.54, 1.807) is 11.9 Å². The lowest BCUT2D eigenvalue weighted by Crippen LogP contribution is -2.35. The second-order valence-corrected chi connectivity index (χ2v) is 7.29. The number of carbonyl (C=O) groups is 1. The quantitative estimate of drug-likeness (QED) is 0.870. The zero-order valence-corrected chi connectivity index (χ0v) is 14.8. The minimum Gasteiger partial charge on any atom is -0.338 e. The zero-order chi connectivity index (χ0) is 16.6. The molecule has 6 heteroatoms. The summed E-state index contributed by atoms with van der Waals surface area (Å²) in [5, 5.41) is 0.559. The molecule has 2 aromatic rings. The molecule has 22 heavy (non-hydrogen) atoms. The Morgan fingerprint density at radius 2 is 2.05 bits per heavy atom. The van der Waals surface area contributed by atoms with Crippen LogP contribution in [0.25, 0.3) is 10.2 Å². The fourth-order valence-electron chi connectivity index (χ4n) is 2.61. The summed E-state index contributed by atoms with van der Waals surface area (Å²) in [6.45, 7) is 8.17. The highest BCUT2D eigenvalue weighted by atomic mass is 32.1. The van der Waals surface area contributed by atoms with Crippen LogP contribution >= 0.6 is 11.3 Å². The molecule has 0 aromatic carbocycles. The second kappa shape index (κ2) is 6.20. The molecular formula is C16H23N3O2S. The van der Waals surface area contributed by atoms with Crippen LogP contribution in [0.2, 0.25) is 0 Å². The molecular weight excluding hydrogens is 298 g/mol. The van der Waals surface area contributed by atoms with Crippen molar-refractivity contribution in [1.29, 1.82) is 0 Å². The molecule has 5 nitrogen and oxygen atoms in total. The highest BCUT2D eigenvalue weighted by Crippen LogP contribution is 2.28. The first-order valence-corrected chi connectivity index (χ1v) is 8.27. The van der Waals surface area contributed by atoms with Gasteiger partial charge >= 0.3 is 0 Å². The van der Waals surface area contributed by atoms with Crippen molar-refractivity contribution in [1.82, 2.24) is 14.5 Å². The van der Waals surface area contributed by atoms with Crippen LogP contribution in [-0.4, -0.2) is 33.4 Å². The summed E-state index contributed by atoms with van der Waals surface area (Å²) in [5.74, 6) is 0.499. The van der Waals surface area contributed by atoms with Crippen LogP contribution < -0.4 is 5.56 Å². The van der Waals surface area contributed by atoms with Crippen molar-refractivity contribution in [2.24, 2.45) is 13.0 Å². The second-order valence-electron chi connectivity index (χ2n) is 6.29. The first-order chi connectivity index (χ1) is 10.2. The van der Waals surface area contributed by atoms with E-state index >= 15 is 0 Å². The Morgan fingerprint density at radius 1 is 1.41 bits per heavy atom. The maximum absolute atomic E-state index is 12.8. The topological polar surface area (TPSA) is 55.2 Å². The summed E-state index contributed by atoms with van der Waals surface area (Å²) in [4.78, 5) is 32.3. The average Bonchev–Trinajstić information content (AvgIpc) is 2.78. The standard InChI is InChI=1S/C16H23N3O2S/c1-9(2)7-10(3)19(6)16(21)13-11(4)12-14(22-13)17-8-18(5)15(12)20/h8-10H,7H2,1-6H3. The van der Waals surface area contributed by atoms with Crippen LogP contribution in [0.3, 0.4) is 0 Å². The summed E-state index contributed by atoms with van der Waals surface area (Å²) in [5.41, 5.74) is 0.637. The van der Waals surface area contributed by atoms with E-state index < -0.39 is 0 Å². The largest absolute Gasteiger partial charge is 0.338 e. The fourth-order valence-corrected chi connectivity index (χ4v) is 3.74. The van der Waals surface area contributed by atoms with E-state index in [1.165, 1.54) is 22.2 Å². The number of hydrogen-bond donors (Lipinski definition) is 0. The molecule has 2 aromatic heterocycles. The van der Waals surface area contributed by atoms with Crippen LogP contribution in [-0.2, 0) is 7.05 Å². The molecule has 1 unspecified atom stereocenters. The summed E-state index contributed by atoms with van der Waals surface area (Å²) >= 11 is 1.30. The van der Waals surface area contributed by atoms with Gasteiger partial charge in [-0.2, -0.15) is 0 Å². The Morgan fingerprint density at radius 3 is 2.64 bits per heavy atom. The number of fused-ring (bicyclic) bond motifs is 1. The van der Waals surface area contributed by atoms with Gasteiger partial charge in [0.25, 0.3) is 11.5 Å². The fraction of sp³-hybridized carbons (Fsp3) is 0.562. The first-order valence-electron chi connectivity index (χ1n) is 7.45.